The molecule has 2 aromatic heterocycles. The van der Waals surface area contributed by atoms with Crippen LogP contribution >= 0.6 is 22.6 Å². The van der Waals surface area contributed by atoms with Crippen molar-refractivity contribution in [3.05, 3.63) is 80.2 Å². The van der Waals surface area contributed by atoms with E-state index in [1.807, 2.05) is 36.4 Å². The van der Waals surface area contributed by atoms with Gasteiger partial charge < -0.3 is 10.1 Å². The van der Waals surface area contributed by atoms with Crippen molar-refractivity contribution in [2.75, 3.05) is 0 Å². The zero-order valence-corrected chi connectivity index (χ0v) is 15.1. The van der Waals surface area contributed by atoms with Crippen molar-refractivity contribution in [1.82, 2.24) is 19.7 Å². The van der Waals surface area contributed by atoms with Crippen molar-refractivity contribution in [2.45, 2.75) is 6.42 Å². The second kappa shape index (κ2) is 6.32. The minimum Gasteiger partial charge on any atom is -0.507 e. The number of aromatic amines is 1. The Balaban J connectivity index is 1.72. The fourth-order valence-corrected chi connectivity index (χ4v) is 3.26. The van der Waals surface area contributed by atoms with E-state index in [9.17, 15) is 9.90 Å². The summed E-state index contributed by atoms with van der Waals surface area (Å²) in [6.07, 6.45) is 3.44. The summed E-state index contributed by atoms with van der Waals surface area (Å²) in [6, 6.07) is 13.2. The van der Waals surface area contributed by atoms with E-state index in [1.54, 1.807) is 17.1 Å². The number of H-pyrrole nitrogens is 1. The van der Waals surface area contributed by atoms with Crippen molar-refractivity contribution in [1.29, 1.82) is 0 Å². The summed E-state index contributed by atoms with van der Waals surface area (Å²) in [4.78, 5) is 19.1. The quantitative estimate of drug-likeness (QED) is 0.476. The van der Waals surface area contributed by atoms with Crippen molar-refractivity contribution in [3.8, 4) is 11.4 Å². The molecule has 25 heavy (non-hydrogen) atoms. The van der Waals surface area contributed by atoms with Crippen LogP contribution in [-0.2, 0) is 6.42 Å². The van der Waals surface area contributed by atoms with Crippen LogP contribution in [0, 0.1) is 3.57 Å². The summed E-state index contributed by atoms with van der Waals surface area (Å²) < 4.78 is 2.65. The van der Waals surface area contributed by atoms with Gasteiger partial charge in [0.15, 0.2) is 0 Å². The molecule has 0 aliphatic rings. The number of pyridine rings is 1. The largest absolute Gasteiger partial charge is 0.507 e. The van der Waals surface area contributed by atoms with Gasteiger partial charge in [-0.1, -0.05) is 12.1 Å². The molecule has 7 heteroatoms. The predicted octanol–water partition coefficient (Wildman–Crippen LogP) is 3.01. The molecule has 2 heterocycles. The third-order valence-corrected chi connectivity index (χ3v) is 4.72. The van der Waals surface area contributed by atoms with Crippen LogP contribution in [0.15, 0.2) is 59.9 Å². The molecule has 0 bridgehead atoms. The van der Waals surface area contributed by atoms with E-state index in [1.165, 1.54) is 6.33 Å². The monoisotopic (exact) mass is 444 g/mol. The number of aromatic nitrogens is 4. The van der Waals surface area contributed by atoms with Gasteiger partial charge in [0.25, 0.3) is 5.56 Å². The van der Waals surface area contributed by atoms with Gasteiger partial charge in [-0.15, -0.1) is 0 Å². The molecular formula is C18H13IN4O2. The molecule has 4 aromatic rings. The molecule has 0 atom stereocenters. The number of hydrogen-bond donors (Lipinski definition) is 2. The smallest absolute Gasteiger partial charge is 0.255 e. The minimum absolute atomic E-state index is 0.0395. The Morgan fingerprint density at radius 2 is 1.96 bits per heavy atom. The van der Waals surface area contributed by atoms with Gasteiger partial charge >= 0.3 is 0 Å². The maximum Gasteiger partial charge on any atom is 0.255 e. The highest BCUT2D eigenvalue weighted by Crippen LogP contribution is 2.28. The van der Waals surface area contributed by atoms with Crippen molar-refractivity contribution in [3.63, 3.8) is 0 Å². The highest BCUT2D eigenvalue weighted by atomic mass is 127. The standard InChI is InChI=1S/C18H13IN4O2/c19-12-3-6-16-14(8-12)17(24)15(18(25)22-16)7-11-1-4-13(5-2-11)23-10-20-9-21-23/h1-6,8-10H,7H2,(H2,22,24,25). The van der Waals surface area contributed by atoms with Crippen LogP contribution in [0.25, 0.3) is 16.6 Å². The van der Waals surface area contributed by atoms with Crippen molar-refractivity contribution in [2.24, 2.45) is 0 Å². The van der Waals surface area contributed by atoms with Crippen LogP contribution in [0.1, 0.15) is 11.1 Å². The number of fused-ring (bicyclic) bond motifs is 1. The molecule has 0 fully saturated rings. The van der Waals surface area contributed by atoms with E-state index in [2.05, 4.69) is 37.7 Å². The molecule has 2 aromatic carbocycles. The van der Waals surface area contributed by atoms with Gasteiger partial charge in [0.2, 0.25) is 0 Å². The first-order chi connectivity index (χ1) is 12.1. The Kier molecular flexibility index (Phi) is 4.00. The van der Waals surface area contributed by atoms with Crippen LogP contribution in [0.4, 0.5) is 0 Å². The average Bonchev–Trinajstić information content (AvgIpc) is 3.15. The van der Waals surface area contributed by atoms with Crippen LogP contribution in [0.3, 0.4) is 0 Å². The van der Waals surface area contributed by atoms with Crippen LogP contribution in [0.5, 0.6) is 5.75 Å². The van der Waals surface area contributed by atoms with Crippen molar-refractivity contribution < 1.29 is 5.11 Å². The Bertz CT molecular complexity index is 1100. The fourth-order valence-electron chi connectivity index (χ4n) is 2.77. The van der Waals surface area contributed by atoms with Crippen molar-refractivity contribution >= 4 is 33.5 Å². The van der Waals surface area contributed by atoms with E-state index >= 15 is 0 Å². The minimum atomic E-state index is -0.272. The van der Waals surface area contributed by atoms with Gasteiger partial charge in [0.1, 0.15) is 18.4 Å². The number of nitrogens with one attached hydrogen (secondary N) is 1. The van der Waals surface area contributed by atoms with E-state index < -0.39 is 0 Å². The predicted molar refractivity (Wildman–Crippen MR) is 103 cm³/mol. The number of hydrogen-bond acceptors (Lipinski definition) is 4. The molecule has 0 saturated carbocycles. The number of nitrogens with zero attached hydrogens (tertiary/aromatic N) is 3. The fraction of sp³-hybridized carbons (Fsp3) is 0.0556. The second-order valence-electron chi connectivity index (χ2n) is 5.65. The second-order valence-corrected chi connectivity index (χ2v) is 6.90. The number of halogens is 1. The summed E-state index contributed by atoms with van der Waals surface area (Å²) in [5.41, 5.74) is 2.53. The molecule has 0 aliphatic heterocycles. The van der Waals surface area contributed by atoms with Gasteiger partial charge in [-0.25, -0.2) is 9.67 Å². The number of aromatic hydroxyl groups is 1. The molecule has 6 nitrogen and oxygen atoms in total. The maximum atomic E-state index is 12.4. The van der Waals surface area contributed by atoms with E-state index in [0.29, 0.717) is 22.9 Å². The lowest BCUT2D eigenvalue weighted by molar-refractivity contribution is 0.474. The number of benzene rings is 2. The highest BCUT2D eigenvalue weighted by molar-refractivity contribution is 14.1. The van der Waals surface area contributed by atoms with Crippen LogP contribution in [0.2, 0.25) is 0 Å². The lowest BCUT2D eigenvalue weighted by Crippen LogP contribution is -2.13. The summed E-state index contributed by atoms with van der Waals surface area (Å²) in [5.74, 6) is 0.0395. The topological polar surface area (TPSA) is 83.8 Å². The van der Waals surface area contributed by atoms with Gasteiger partial charge in [-0.2, -0.15) is 5.10 Å². The Morgan fingerprint density at radius 3 is 2.68 bits per heavy atom. The summed E-state index contributed by atoms with van der Waals surface area (Å²) in [5, 5.41) is 15.3. The van der Waals surface area contributed by atoms with Gasteiger partial charge in [-0.05, 0) is 58.5 Å². The Hall–Kier alpha value is -2.68. The Labute approximate surface area is 156 Å². The molecule has 0 amide bonds. The molecular weight excluding hydrogens is 431 g/mol. The molecule has 2 N–H and O–H groups in total. The first-order valence-corrected chi connectivity index (χ1v) is 8.67. The Morgan fingerprint density at radius 1 is 1.16 bits per heavy atom. The van der Waals surface area contributed by atoms with Crippen LogP contribution < -0.4 is 5.56 Å². The van der Waals surface area contributed by atoms with E-state index in [-0.39, 0.29) is 11.3 Å². The third kappa shape index (κ3) is 3.02. The van der Waals surface area contributed by atoms with Crippen LogP contribution in [-0.4, -0.2) is 24.9 Å². The first kappa shape index (κ1) is 15.8. The zero-order valence-electron chi connectivity index (χ0n) is 13.0. The molecule has 4 rings (SSSR count). The lowest BCUT2D eigenvalue weighted by Gasteiger charge is -2.09. The first-order valence-electron chi connectivity index (χ1n) is 7.59. The SMILES string of the molecule is O=c1[nH]c2ccc(I)cc2c(O)c1Cc1ccc(-n2cncn2)cc1. The molecule has 0 aliphatic carbocycles. The van der Waals surface area contributed by atoms with E-state index in [0.717, 1.165) is 14.8 Å². The van der Waals surface area contributed by atoms with Gasteiger partial charge in [-0.3, -0.25) is 4.79 Å². The summed E-state index contributed by atoms with van der Waals surface area (Å²) >= 11 is 2.18. The molecule has 0 unspecified atom stereocenters. The van der Waals surface area contributed by atoms with Gasteiger partial charge in [0.05, 0.1) is 16.8 Å². The van der Waals surface area contributed by atoms with Gasteiger partial charge in [0, 0.05) is 15.4 Å². The normalized spacial score (nSPS) is 11.1. The third-order valence-electron chi connectivity index (χ3n) is 4.05. The van der Waals surface area contributed by atoms with E-state index in [4.69, 9.17) is 0 Å². The zero-order chi connectivity index (χ0) is 17.4. The summed E-state index contributed by atoms with van der Waals surface area (Å²) in [7, 11) is 0. The molecule has 0 spiro atoms. The number of rotatable bonds is 3. The lowest BCUT2D eigenvalue weighted by atomic mass is 10.0. The molecule has 0 saturated heterocycles. The highest BCUT2D eigenvalue weighted by Gasteiger charge is 2.13. The molecule has 124 valence electrons. The maximum absolute atomic E-state index is 12.4. The average molecular weight is 444 g/mol. The molecule has 0 radical (unpaired) electrons. The summed E-state index contributed by atoms with van der Waals surface area (Å²) in [6.45, 7) is 0.